The highest BCUT2D eigenvalue weighted by molar-refractivity contribution is 5.91. The zero-order valence-electron chi connectivity index (χ0n) is 42.4. The highest BCUT2D eigenvalue weighted by Gasteiger charge is 2.72. The van der Waals surface area contributed by atoms with Gasteiger partial charge in [0.15, 0.2) is 36.6 Å². The van der Waals surface area contributed by atoms with E-state index in [1.807, 2.05) is 13.8 Å². The monoisotopic (exact) mass is 1090 g/mol. The number of cyclic esters (lactones) is 2. The van der Waals surface area contributed by atoms with E-state index in [-0.39, 0.29) is 115 Å². The smallest absolute Gasteiger partial charge is 0.347 e. The van der Waals surface area contributed by atoms with Crippen LogP contribution >= 0.6 is 0 Å². The molecule has 6 bridgehead atoms. The van der Waals surface area contributed by atoms with E-state index in [0.717, 1.165) is 0 Å². The van der Waals surface area contributed by atoms with Gasteiger partial charge >= 0.3 is 59.7 Å². The van der Waals surface area contributed by atoms with Crippen LogP contribution in [0.4, 0.5) is 0 Å². The predicted octanol–water partition coefficient (Wildman–Crippen LogP) is -1.04. The molecule has 3 N–H and O–H groups in total. The fraction of sp³-hybridized carbons (Fsp3) is 0.608. The van der Waals surface area contributed by atoms with Crippen LogP contribution in [0.15, 0.2) is 60.8 Å². The highest BCUT2D eigenvalue weighted by Crippen LogP contribution is 2.55. The van der Waals surface area contributed by atoms with Crippen molar-refractivity contribution in [2.45, 2.75) is 139 Å². The van der Waals surface area contributed by atoms with Crippen molar-refractivity contribution in [3.63, 3.8) is 0 Å². The standard InChI is InChI=1S/2C12H14O5.C11H12O6.2C8H10O5/c1-5(2)10(13)16-7-6-4-12(3)9(15-6)8(7)17-11(12)14;1-4(2)11(13)16-9-7-5(3)6-8(15-7)10(9)17-12(6)14;1-4(3-12)10(13)16-8-6-2-5-7(15-6)9(8)17-11(5)14;1-5(3-9)8(11)13-6-2-7(10)12-4-6;1-5(4-9)7(10)13-6-2-3-12-8(6)11/h6-9H,1,4H2,2-3H3;5-10H,1H2,2-3H3;5-9,12H,1-3H2;2*6,9H,1-4H2. The first kappa shape index (κ1) is 57.9. The number of carbonyl (C=O) groups excluding carboxylic acids is 10. The van der Waals surface area contributed by atoms with Gasteiger partial charge in [-0.3, -0.25) is 19.2 Å². The van der Waals surface area contributed by atoms with E-state index in [1.165, 1.54) is 0 Å². The summed E-state index contributed by atoms with van der Waals surface area (Å²) in [6, 6.07) is 0. The average molecular weight is 1090 g/mol. The molecule has 420 valence electrons. The third kappa shape index (κ3) is 11.7. The van der Waals surface area contributed by atoms with Crippen LogP contribution in [-0.4, -0.2) is 194 Å². The van der Waals surface area contributed by atoms with Crippen LogP contribution < -0.4 is 0 Å². The van der Waals surface area contributed by atoms with Gasteiger partial charge in [0.25, 0.3) is 0 Å². The molecule has 0 aromatic carbocycles. The number of carbonyl (C=O) groups is 10. The number of aliphatic hydroxyl groups excluding tert-OH is 3. The van der Waals surface area contributed by atoms with Crippen molar-refractivity contribution in [2.75, 3.05) is 33.0 Å². The summed E-state index contributed by atoms with van der Waals surface area (Å²) in [4.78, 5) is 113. The molecular formula is C51H60O26. The van der Waals surface area contributed by atoms with E-state index in [0.29, 0.717) is 30.4 Å². The maximum absolute atomic E-state index is 11.7. The summed E-state index contributed by atoms with van der Waals surface area (Å²) >= 11 is 0. The molecule has 11 rings (SSSR count). The molecule has 0 spiro atoms. The quantitative estimate of drug-likeness (QED) is 0.113. The van der Waals surface area contributed by atoms with Crippen LogP contribution in [0.25, 0.3) is 0 Å². The van der Waals surface area contributed by atoms with Crippen molar-refractivity contribution in [1.29, 1.82) is 0 Å². The first-order valence-corrected chi connectivity index (χ1v) is 24.5. The molecular weight excluding hydrogens is 1030 g/mol. The summed E-state index contributed by atoms with van der Waals surface area (Å²) in [7, 11) is 0. The Balaban J connectivity index is 0.000000141. The van der Waals surface area contributed by atoms with E-state index < -0.39 is 110 Å². The van der Waals surface area contributed by atoms with Crippen molar-refractivity contribution in [3.8, 4) is 0 Å². The number of rotatable bonds is 13. The van der Waals surface area contributed by atoms with Crippen LogP contribution in [0.1, 0.15) is 53.4 Å². The van der Waals surface area contributed by atoms with Gasteiger partial charge in [-0.05, 0) is 33.6 Å². The van der Waals surface area contributed by atoms with Crippen LogP contribution in [0.2, 0.25) is 0 Å². The molecule has 0 radical (unpaired) electrons. The molecule has 0 saturated carbocycles. The van der Waals surface area contributed by atoms with Gasteiger partial charge in [-0.15, -0.1) is 0 Å². The highest BCUT2D eigenvalue weighted by atomic mass is 16.7. The average Bonchev–Trinajstić information content (AvgIpc) is 4.42. The minimum absolute atomic E-state index is 0.0198. The molecule has 26 heteroatoms. The molecule has 11 saturated heterocycles. The van der Waals surface area contributed by atoms with E-state index in [9.17, 15) is 47.9 Å². The molecule has 11 aliphatic heterocycles. The number of ether oxygens (including phenoxy) is 13. The topological polar surface area (TPSA) is 351 Å². The van der Waals surface area contributed by atoms with Crippen molar-refractivity contribution in [1.82, 2.24) is 0 Å². The second-order valence-corrected chi connectivity index (χ2v) is 20.0. The molecule has 18 atom stereocenters. The number of aliphatic hydroxyl groups is 3. The minimum Gasteiger partial charge on any atom is -0.463 e. The Hall–Kier alpha value is -6.84. The van der Waals surface area contributed by atoms with Gasteiger partial charge < -0.3 is 76.9 Å². The summed E-state index contributed by atoms with van der Waals surface area (Å²) in [5.41, 5.74) is -0.00424. The number of fused-ring (bicyclic) bond motifs is 3. The van der Waals surface area contributed by atoms with Gasteiger partial charge in [-0.1, -0.05) is 39.8 Å². The fourth-order valence-electron chi connectivity index (χ4n) is 10.3. The van der Waals surface area contributed by atoms with Gasteiger partial charge in [-0.25, -0.2) is 28.8 Å². The van der Waals surface area contributed by atoms with Crippen LogP contribution in [-0.2, 0) is 110 Å². The van der Waals surface area contributed by atoms with Crippen molar-refractivity contribution >= 4 is 59.7 Å². The summed E-state index contributed by atoms with van der Waals surface area (Å²) in [6.45, 7) is 22.9. The lowest BCUT2D eigenvalue weighted by atomic mass is 9.76. The van der Waals surface area contributed by atoms with E-state index in [2.05, 4.69) is 42.4 Å². The van der Waals surface area contributed by atoms with E-state index in [1.54, 1.807) is 13.8 Å². The molecule has 11 heterocycles. The summed E-state index contributed by atoms with van der Waals surface area (Å²) in [5, 5.41) is 25.8. The van der Waals surface area contributed by atoms with Gasteiger partial charge in [0.2, 0.25) is 6.10 Å². The molecule has 0 aromatic rings. The largest absolute Gasteiger partial charge is 0.463 e. The molecule has 77 heavy (non-hydrogen) atoms. The predicted molar refractivity (Wildman–Crippen MR) is 248 cm³/mol. The lowest BCUT2D eigenvalue weighted by Gasteiger charge is -2.26. The van der Waals surface area contributed by atoms with Crippen LogP contribution in [0, 0.1) is 23.2 Å². The Bertz CT molecular complexity index is 2510. The second-order valence-electron chi connectivity index (χ2n) is 20.0. The van der Waals surface area contributed by atoms with Gasteiger partial charge in [0.1, 0.15) is 43.2 Å². The van der Waals surface area contributed by atoms with Crippen molar-refractivity contribution in [2.24, 2.45) is 23.2 Å². The fourth-order valence-corrected chi connectivity index (χ4v) is 10.3. The zero-order valence-corrected chi connectivity index (χ0v) is 42.4. The molecule has 18 unspecified atom stereocenters. The number of hydrogen-bond donors (Lipinski definition) is 3. The summed E-state index contributed by atoms with van der Waals surface area (Å²) in [5.74, 6) is -5.08. The molecule has 26 nitrogen and oxygen atoms in total. The third-order valence-corrected chi connectivity index (χ3v) is 14.4. The van der Waals surface area contributed by atoms with Crippen molar-refractivity contribution < 1.29 is 125 Å². The Labute approximate surface area is 439 Å². The van der Waals surface area contributed by atoms with E-state index in [4.69, 9.17) is 67.4 Å². The van der Waals surface area contributed by atoms with Crippen LogP contribution in [0.5, 0.6) is 0 Å². The lowest BCUT2D eigenvalue weighted by molar-refractivity contribution is -0.157. The maximum Gasteiger partial charge on any atom is 0.347 e. The summed E-state index contributed by atoms with van der Waals surface area (Å²) < 4.78 is 66.9. The van der Waals surface area contributed by atoms with E-state index >= 15 is 0 Å². The van der Waals surface area contributed by atoms with Gasteiger partial charge in [-0.2, -0.15) is 0 Å². The molecule has 11 aliphatic rings. The molecule has 11 fully saturated rings. The first-order chi connectivity index (χ1) is 36.3. The third-order valence-electron chi connectivity index (χ3n) is 14.4. The first-order valence-electron chi connectivity index (χ1n) is 24.5. The summed E-state index contributed by atoms with van der Waals surface area (Å²) in [6.07, 6.45) is -4.32. The molecule has 0 aromatic heterocycles. The number of esters is 10. The normalized spacial score (nSPS) is 36.5. The number of hydrogen-bond acceptors (Lipinski definition) is 26. The Kier molecular flexibility index (Phi) is 17.6. The Morgan fingerprint density at radius 3 is 1.70 bits per heavy atom. The van der Waals surface area contributed by atoms with Gasteiger partial charge in [0.05, 0.1) is 72.9 Å². The lowest BCUT2D eigenvalue weighted by Crippen LogP contribution is -2.44. The second kappa shape index (κ2) is 23.4. The zero-order chi connectivity index (χ0) is 56.5. The van der Waals surface area contributed by atoms with Crippen molar-refractivity contribution in [3.05, 3.63) is 60.8 Å². The Morgan fingerprint density at radius 2 is 1.14 bits per heavy atom. The molecule has 0 amide bonds. The maximum atomic E-state index is 11.7. The van der Waals surface area contributed by atoms with Crippen LogP contribution in [0.3, 0.4) is 0 Å². The van der Waals surface area contributed by atoms with Gasteiger partial charge in [0, 0.05) is 23.5 Å². The SMILES string of the molecule is C=C(C)C(=O)OC1C2CC3(C)C(=O)OC1C3O2.C=C(C)C(=O)OC1C2OC3C1OC(=O)C3C2C.C=C(CO)C(=O)OC1C2CC3C(=O)OC1C3O2.C=C(CO)C(=O)OC1CCOC1=O.C=C(CO)C(=O)OC1COC(=O)C1. The Morgan fingerprint density at radius 1 is 0.597 bits per heavy atom. The molecule has 0 aliphatic carbocycles. The minimum atomic E-state index is -0.837.